The molecule has 0 amide bonds. The van der Waals surface area contributed by atoms with Crippen molar-refractivity contribution < 1.29 is 27.8 Å². The zero-order valence-electron chi connectivity index (χ0n) is 15.3. The summed E-state index contributed by atoms with van der Waals surface area (Å²) in [5.41, 5.74) is -0.0521. The maximum absolute atomic E-state index is 13.2. The predicted octanol–water partition coefficient (Wildman–Crippen LogP) is 3.49. The van der Waals surface area contributed by atoms with Crippen LogP contribution in [-0.2, 0) is 12.7 Å². The average molecular weight is 405 g/mol. The number of ether oxygens (including phenoxy) is 1. The van der Waals surface area contributed by atoms with E-state index in [-0.39, 0.29) is 23.5 Å². The quantitative estimate of drug-likeness (QED) is 0.465. The number of alkyl halides is 3. The summed E-state index contributed by atoms with van der Waals surface area (Å²) >= 11 is 0. The molecule has 0 saturated heterocycles. The Kier molecular flexibility index (Phi) is 6.00. The van der Waals surface area contributed by atoms with Crippen molar-refractivity contribution in [2.24, 2.45) is 0 Å². The standard InChI is InChI=1S/C20H18F3N3O3/c1-29-17-8-3-2-6-14(17)11-24-19(28)16-10-18(20(21,22)23)25-26(16)15-7-4-5-13(9-15)12-27/h2-10,12,19,24,28H,11H2,1H3. The van der Waals surface area contributed by atoms with Gasteiger partial charge in [0, 0.05) is 17.7 Å². The van der Waals surface area contributed by atoms with Gasteiger partial charge >= 0.3 is 6.18 Å². The Hall–Kier alpha value is -3.17. The van der Waals surface area contributed by atoms with Gasteiger partial charge in [0.1, 0.15) is 18.3 Å². The van der Waals surface area contributed by atoms with Crippen LogP contribution in [0.25, 0.3) is 5.69 Å². The highest BCUT2D eigenvalue weighted by molar-refractivity contribution is 5.75. The van der Waals surface area contributed by atoms with Gasteiger partial charge in [0.15, 0.2) is 5.69 Å². The van der Waals surface area contributed by atoms with Crippen LogP contribution < -0.4 is 10.1 Å². The zero-order chi connectivity index (χ0) is 21.0. The van der Waals surface area contributed by atoms with E-state index in [0.29, 0.717) is 12.0 Å². The Morgan fingerprint density at radius 2 is 1.97 bits per heavy atom. The first-order valence-electron chi connectivity index (χ1n) is 8.59. The van der Waals surface area contributed by atoms with Crippen molar-refractivity contribution in [3.05, 3.63) is 77.1 Å². The number of nitrogens with zero attached hydrogens (tertiary/aromatic N) is 2. The minimum absolute atomic E-state index is 0.115. The van der Waals surface area contributed by atoms with E-state index in [9.17, 15) is 23.1 Å². The second-order valence-electron chi connectivity index (χ2n) is 6.17. The number of aromatic nitrogens is 2. The summed E-state index contributed by atoms with van der Waals surface area (Å²) in [4.78, 5) is 11.0. The van der Waals surface area contributed by atoms with Gasteiger partial charge in [-0.15, -0.1) is 0 Å². The van der Waals surface area contributed by atoms with Crippen LogP contribution in [-0.4, -0.2) is 28.3 Å². The summed E-state index contributed by atoms with van der Waals surface area (Å²) in [7, 11) is 1.50. The number of benzene rings is 2. The summed E-state index contributed by atoms with van der Waals surface area (Å²) in [6.45, 7) is 0.145. The molecule has 6 nitrogen and oxygen atoms in total. The van der Waals surface area contributed by atoms with Crippen molar-refractivity contribution in [3.8, 4) is 11.4 Å². The number of carbonyl (C=O) groups excluding carboxylic acids is 1. The van der Waals surface area contributed by atoms with Crippen LogP contribution in [0.5, 0.6) is 5.75 Å². The first-order valence-corrected chi connectivity index (χ1v) is 8.59. The van der Waals surface area contributed by atoms with Crippen molar-refractivity contribution in [2.75, 3.05) is 7.11 Å². The number of rotatable bonds is 7. The minimum atomic E-state index is -4.69. The molecule has 3 rings (SSSR count). The average Bonchev–Trinajstić information content (AvgIpc) is 3.18. The van der Waals surface area contributed by atoms with Crippen LogP contribution in [0.3, 0.4) is 0 Å². The number of carbonyl (C=O) groups is 1. The number of nitrogens with one attached hydrogen (secondary N) is 1. The Bertz CT molecular complexity index is 1000. The molecule has 0 saturated carbocycles. The van der Waals surface area contributed by atoms with E-state index in [1.807, 2.05) is 0 Å². The Balaban J connectivity index is 1.94. The Labute approximate surface area is 164 Å². The van der Waals surface area contributed by atoms with E-state index in [1.165, 1.54) is 31.4 Å². The lowest BCUT2D eigenvalue weighted by Crippen LogP contribution is -2.23. The Morgan fingerprint density at radius 3 is 2.66 bits per heavy atom. The predicted molar refractivity (Wildman–Crippen MR) is 98.7 cm³/mol. The number of methoxy groups -OCH3 is 1. The fraction of sp³-hybridized carbons (Fsp3) is 0.200. The minimum Gasteiger partial charge on any atom is -0.496 e. The molecule has 3 aromatic rings. The highest BCUT2D eigenvalue weighted by Crippen LogP contribution is 2.31. The molecule has 0 bridgehead atoms. The van der Waals surface area contributed by atoms with E-state index < -0.39 is 18.1 Å². The molecule has 0 aliphatic heterocycles. The van der Waals surface area contributed by atoms with Crippen LogP contribution in [0.1, 0.15) is 33.5 Å². The smallest absolute Gasteiger partial charge is 0.435 e. The van der Waals surface area contributed by atoms with Gasteiger partial charge in [-0.05, 0) is 24.3 Å². The number of hydrogen-bond acceptors (Lipinski definition) is 5. The van der Waals surface area contributed by atoms with Crippen LogP contribution in [0.2, 0.25) is 0 Å². The lowest BCUT2D eigenvalue weighted by atomic mass is 10.2. The van der Waals surface area contributed by atoms with E-state index >= 15 is 0 Å². The first-order chi connectivity index (χ1) is 13.8. The van der Waals surface area contributed by atoms with E-state index in [4.69, 9.17) is 4.74 Å². The number of aliphatic hydroxyl groups is 1. The van der Waals surface area contributed by atoms with Crippen molar-refractivity contribution in [2.45, 2.75) is 18.9 Å². The van der Waals surface area contributed by atoms with Gasteiger partial charge in [0.2, 0.25) is 0 Å². The summed E-state index contributed by atoms with van der Waals surface area (Å²) in [5.74, 6) is 0.579. The number of halogens is 3. The third-order valence-corrected chi connectivity index (χ3v) is 4.24. The number of aliphatic hydroxyl groups excluding tert-OH is 1. The van der Waals surface area contributed by atoms with Gasteiger partial charge in [-0.1, -0.05) is 30.3 Å². The lowest BCUT2D eigenvalue weighted by molar-refractivity contribution is -0.141. The van der Waals surface area contributed by atoms with E-state index in [1.54, 1.807) is 24.3 Å². The topological polar surface area (TPSA) is 76.4 Å². The fourth-order valence-corrected chi connectivity index (χ4v) is 2.83. The van der Waals surface area contributed by atoms with Crippen LogP contribution in [0.15, 0.2) is 54.6 Å². The molecule has 152 valence electrons. The molecule has 2 aromatic carbocycles. The highest BCUT2D eigenvalue weighted by atomic mass is 19.4. The van der Waals surface area contributed by atoms with Gasteiger partial charge in [-0.2, -0.15) is 18.3 Å². The summed E-state index contributed by atoms with van der Waals surface area (Å²) < 4.78 is 45.8. The van der Waals surface area contributed by atoms with Crippen molar-refractivity contribution in [1.82, 2.24) is 15.1 Å². The second kappa shape index (κ2) is 8.46. The SMILES string of the molecule is COc1ccccc1CNC(O)c1cc(C(F)(F)F)nn1-c1cccc(C=O)c1. The molecule has 0 spiro atoms. The highest BCUT2D eigenvalue weighted by Gasteiger charge is 2.36. The zero-order valence-corrected chi connectivity index (χ0v) is 15.3. The number of hydrogen-bond donors (Lipinski definition) is 2. The number of para-hydroxylation sites is 1. The maximum Gasteiger partial charge on any atom is 0.435 e. The molecule has 0 radical (unpaired) electrons. The van der Waals surface area contributed by atoms with Gasteiger partial charge in [0.25, 0.3) is 0 Å². The fourth-order valence-electron chi connectivity index (χ4n) is 2.83. The molecular formula is C20H18F3N3O3. The Morgan fingerprint density at radius 1 is 1.21 bits per heavy atom. The molecule has 0 fully saturated rings. The summed E-state index contributed by atoms with van der Waals surface area (Å²) in [5, 5.41) is 16.9. The maximum atomic E-state index is 13.2. The summed E-state index contributed by atoms with van der Waals surface area (Å²) in [6.07, 6.45) is -5.57. The molecule has 1 aromatic heterocycles. The summed E-state index contributed by atoms with van der Waals surface area (Å²) in [6, 6.07) is 13.8. The third kappa shape index (κ3) is 4.64. The normalized spacial score (nSPS) is 12.6. The monoisotopic (exact) mass is 405 g/mol. The largest absolute Gasteiger partial charge is 0.496 e. The van der Waals surface area contributed by atoms with Crippen molar-refractivity contribution >= 4 is 6.29 Å². The van der Waals surface area contributed by atoms with E-state index in [0.717, 1.165) is 16.3 Å². The molecule has 1 unspecified atom stereocenters. The third-order valence-electron chi connectivity index (χ3n) is 4.24. The van der Waals surface area contributed by atoms with Gasteiger partial charge < -0.3 is 9.84 Å². The van der Waals surface area contributed by atoms with Gasteiger partial charge in [-0.25, -0.2) is 4.68 Å². The molecule has 1 heterocycles. The number of aldehydes is 1. The van der Waals surface area contributed by atoms with Crippen LogP contribution >= 0.6 is 0 Å². The van der Waals surface area contributed by atoms with Crippen LogP contribution in [0, 0.1) is 0 Å². The van der Waals surface area contributed by atoms with Crippen molar-refractivity contribution in [1.29, 1.82) is 0 Å². The van der Waals surface area contributed by atoms with Gasteiger partial charge in [0.05, 0.1) is 18.5 Å². The van der Waals surface area contributed by atoms with Gasteiger partial charge in [-0.3, -0.25) is 10.1 Å². The molecule has 0 aliphatic carbocycles. The molecule has 2 N–H and O–H groups in total. The first kappa shape index (κ1) is 20.6. The molecule has 0 aliphatic rings. The molecule has 1 atom stereocenters. The van der Waals surface area contributed by atoms with E-state index in [2.05, 4.69) is 10.4 Å². The van der Waals surface area contributed by atoms with Crippen LogP contribution in [0.4, 0.5) is 13.2 Å². The van der Waals surface area contributed by atoms with Crippen molar-refractivity contribution in [3.63, 3.8) is 0 Å². The molecular weight excluding hydrogens is 387 g/mol. The molecule has 29 heavy (non-hydrogen) atoms. The molecule has 9 heteroatoms. The lowest BCUT2D eigenvalue weighted by Gasteiger charge is -2.16. The second-order valence-corrected chi connectivity index (χ2v) is 6.17.